The van der Waals surface area contributed by atoms with Gasteiger partial charge in [-0.2, -0.15) is 0 Å². The third kappa shape index (κ3) is 1.87. The van der Waals surface area contributed by atoms with Crippen LogP contribution in [-0.2, 0) is 0 Å². The van der Waals surface area contributed by atoms with Crippen LogP contribution >= 0.6 is 46.4 Å². The first-order valence-electron chi connectivity index (χ1n) is 3.90. The zero-order valence-corrected chi connectivity index (χ0v) is 10.7. The lowest BCUT2D eigenvalue weighted by molar-refractivity contribution is 1.03. The minimum Gasteiger partial charge on any atom is -0.337 e. The number of H-pyrrole nitrogens is 1. The number of hydrogen-bond acceptors (Lipinski definition) is 1. The van der Waals surface area contributed by atoms with Crippen molar-refractivity contribution in [2.75, 3.05) is 0 Å². The summed E-state index contributed by atoms with van der Waals surface area (Å²) in [6, 6.07) is 5.82. The second kappa shape index (κ2) is 4.04. The van der Waals surface area contributed by atoms with Gasteiger partial charge >= 0.3 is 0 Å². The van der Waals surface area contributed by atoms with Crippen molar-refractivity contribution in [1.82, 2.24) is 9.55 Å². The molecule has 0 atom stereocenters. The van der Waals surface area contributed by atoms with Gasteiger partial charge in [-0.15, -0.1) is 0 Å². The molecule has 1 N–H and O–H groups in total. The van der Waals surface area contributed by atoms with Crippen LogP contribution < -0.4 is 0 Å². The summed E-state index contributed by atoms with van der Waals surface area (Å²) in [6.07, 6.45) is 3.65. The van der Waals surface area contributed by atoms with E-state index in [2.05, 4.69) is 27.6 Å². The summed E-state index contributed by atoms with van der Waals surface area (Å²) >= 11 is 13.4. The molecule has 1 aromatic heterocycles. The second-order valence-corrected chi connectivity index (χ2v) is 4.77. The molecule has 5 heteroatoms. The van der Waals surface area contributed by atoms with Crippen LogP contribution in [0.3, 0.4) is 0 Å². The van der Waals surface area contributed by atoms with Crippen LogP contribution in [0.2, 0.25) is 5.02 Å². The van der Waals surface area contributed by atoms with Crippen molar-refractivity contribution in [3.8, 4) is 5.69 Å². The van der Waals surface area contributed by atoms with Crippen LogP contribution in [0.25, 0.3) is 5.69 Å². The number of aromatic amines is 1. The molecule has 0 radical (unpaired) electrons. The zero-order chi connectivity index (χ0) is 10.1. The highest BCUT2D eigenvalue weighted by Gasteiger charge is 2.03. The number of hydrogen-bond donors (Lipinski definition) is 1. The number of benzene rings is 1. The molecule has 0 spiro atoms. The Morgan fingerprint density at radius 1 is 1.43 bits per heavy atom. The highest BCUT2D eigenvalue weighted by atomic mass is 127. The summed E-state index contributed by atoms with van der Waals surface area (Å²) in [5.74, 6) is 0. The van der Waals surface area contributed by atoms with E-state index >= 15 is 0 Å². The van der Waals surface area contributed by atoms with Crippen molar-refractivity contribution < 1.29 is 0 Å². The number of halogens is 2. The average Bonchev–Trinajstić information content (AvgIpc) is 2.56. The van der Waals surface area contributed by atoms with Gasteiger partial charge in [0.1, 0.15) is 0 Å². The Labute approximate surface area is 105 Å². The maximum absolute atomic E-state index is 6.08. The lowest BCUT2D eigenvalue weighted by Gasteiger charge is -2.05. The zero-order valence-electron chi connectivity index (χ0n) is 7.00. The van der Waals surface area contributed by atoms with Crippen molar-refractivity contribution in [2.24, 2.45) is 0 Å². The lowest BCUT2D eigenvalue weighted by atomic mass is 10.3. The largest absolute Gasteiger partial charge is 0.337 e. The molecule has 0 saturated heterocycles. The molecule has 1 aromatic carbocycles. The van der Waals surface area contributed by atoms with Gasteiger partial charge in [0.2, 0.25) is 0 Å². The molecule has 1 heterocycles. The third-order valence-electron chi connectivity index (χ3n) is 1.82. The number of aromatic nitrogens is 2. The molecule has 2 rings (SSSR count). The van der Waals surface area contributed by atoms with E-state index in [0.29, 0.717) is 9.79 Å². The Balaban J connectivity index is 2.68. The first-order valence-corrected chi connectivity index (χ1v) is 5.76. The molecule has 72 valence electrons. The Bertz CT molecular complexity index is 518. The molecule has 0 fully saturated rings. The van der Waals surface area contributed by atoms with Crippen molar-refractivity contribution in [2.45, 2.75) is 0 Å². The summed E-state index contributed by atoms with van der Waals surface area (Å²) in [6.45, 7) is 0. The minimum atomic E-state index is 0.647. The summed E-state index contributed by atoms with van der Waals surface area (Å²) < 4.78 is 3.62. The highest BCUT2D eigenvalue weighted by Crippen LogP contribution is 2.22. The van der Waals surface area contributed by atoms with Crippen LogP contribution in [0, 0.1) is 8.34 Å². The smallest absolute Gasteiger partial charge is 0.181 e. The van der Waals surface area contributed by atoms with Crippen molar-refractivity contribution in [1.29, 1.82) is 0 Å². The Kier molecular flexibility index (Phi) is 2.94. The summed E-state index contributed by atoms with van der Waals surface area (Å²) in [5.41, 5.74) is 0.907. The molecule has 0 aliphatic carbocycles. The average molecular weight is 337 g/mol. The van der Waals surface area contributed by atoms with Crippen LogP contribution in [0.4, 0.5) is 0 Å². The van der Waals surface area contributed by atoms with Crippen molar-refractivity contribution in [3.05, 3.63) is 44.0 Å². The van der Waals surface area contributed by atoms with Crippen LogP contribution in [0.5, 0.6) is 0 Å². The quantitative estimate of drug-likeness (QED) is 0.621. The fourth-order valence-electron chi connectivity index (χ4n) is 1.18. The third-order valence-corrected chi connectivity index (χ3v) is 3.12. The molecular weight excluding hydrogens is 331 g/mol. The summed E-state index contributed by atoms with van der Waals surface area (Å²) in [7, 11) is 0. The van der Waals surface area contributed by atoms with Crippen LogP contribution in [0.1, 0.15) is 0 Å². The predicted molar refractivity (Wildman–Crippen MR) is 68.7 cm³/mol. The molecule has 0 aliphatic heterocycles. The number of rotatable bonds is 1. The van der Waals surface area contributed by atoms with E-state index in [9.17, 15) is 0 Å². The number of imidazole rings is 1. The molecule has 0 aliphatic rings. The molecule has 14 heavy (non-hydrogen) atoms. The minimum absolute atomic E-state index is 0.647. The van der Waals surface area contributed by atoms with E-state index in [1.54, 1.807) is 6.20 Å². The maximum Gasteiger partial charge on any atom is 0.181 e. The van der Waals surface area contributed by atoms with Gasteiger partial charge in [0.15, 0.2) is 4.77 Å². The molecule has 0 unspecified atom stereocenters. The van der Waals surface area contributed by atoms with Gasteiger partial charge in [0, 0.05) is 16.0 Å². The van der Waals surface area contributed by atoms with Gasteiger partial charge in [0.25, 0.3) is 0 Å². The van der Waals surface area contributed by atoms with Crippen molar-refractivity contribution in [3.63, 3.8) is 0 Å². The maximum atomic E-state index is 6.08. The molecule has 0 bridgehead atoms. The van der Waals surface area contributed by atoms with Gasteiger partial charge in [0.05, 0.1) is 10.7 Å². The first-order chi connectivity index (χ1) is 6.68. The van der Waals surface area contributed by atoms with E-state index in [1.807, 2.05) is 29.0 Å². The van der Waals surface area contributed by atoms with E-state index in [-0.39, 0.29) is 0 Å². The van der Waals surface area contributed by atoms with Gasteiger partial charge in [-0.05, 0) is 53.0 Å². The summed E-state index contributed by atoms with van der Waals surface area (Å²) in [4.78, 5) is 2.93. The fourth-order valence-corrected chi connectivity index (χ4v) is 2.09. The van der Waals surface area contributed by atoms with Gasteiger partial charge < -0.3 is 4.98 Å². The Hall–Kier alpha value is -0.330. The van der Waals surface area contributed by atoms with Crippen molar-refractivity contribution >= 4 is 46.4 Å². The molecule has 2 nitrogen and oxygen atoms in total. The van der Waals surface area contributed by atoms with Gasteiger partial charge in [-0.25, -0.2) is 0 Å². The standard InChI is InChI=1S/C9H6ClIN2S/c10-7-2-1-6(11)5-8(7)13-4-3-12-9(13)14/h1-5H,(H,12,14). The molecular formula is C9H6ClIN2S. The highest BCUT2D eigenvalue weighted by molar-refractivity contribution is 14.1. The SMILES string of the molecule is S=c1[nH]ccn1-c1cc(I)ccc1Cl. The fraction of sp³-hybridized carbons (Fsp3) is 0. The van der Waals surface area contributed by atoms with E-state index in [1.165, 1.54) is 0 Å². The number of nitrogens with one attached hydrogen (secondary N) is 1. The topological polar surface area (TPSA) is 20.7 Å². The second-order valence-electron chi connectivity index (χ2n) is 2.73. The van der Waals surface area contributed by atoms with E-state index < -0.39 is 0 Å². The predicted octanol–water partition coefficient (Wildman–Crippen LogP) is 3.79. The molecule has 2 aromatic rings. The molecule has 0 saturated carbocycles. The monoisotopic (exact) mass is 336 g/mol. The summed E-state index contributed by atoms with van der Waals surface area (Å²) in [5, 5.41) is 0.695. The lowest BCUT2D eigenvalue weighted by Crippen LogP contribution is -1.93. The Morgan fingerprint density at radius 3 is 2.86 bits per heavy atom. The van der Waals surface area contributed by atoms with E-state index in [4.69, 9.17) is 23.8 Å². The van der Waals surface area contributed by atoms with E-state index in [0.717, 1.165) is 9.26 Å². The van der Waals surface area contributed by atoms with Crippen LogP contribution in [0.15, 0.2) is 30.6 Å². The normalized spacial score (nSPS) is 10.4. The Morgan fingerprint density at radius 2 is 2.21 bits per heavy atom. The van der Waals surface area contributed by atoms with Gasteiger partial charge in [-0.3, -0.25) is 4.57 Å². The first kappa shape index (κ1) is 10.2. The number of nitrogens with zero attached hydrogens (tertiary/aromatic N) is 1. The molecule has 0 amide bonds. The van der Waals surface area contributed by atoms with Gasteiger partial charge in [-0.1, -0.05) is 11.6 Å². The van der Waals surface area contributed by atoms with Crippen LogP contribution in [-0.4, -0.2) is 9.55 Å².